The molecule has 0 atom stereocenters. The Hall–Kier alpha value is -1.64. The summed E-state index contributed by atoms with van der Waals surface area (Å²) in [7, 11) is 0. The van der Waals surface area contributed by atoms with Gasteiger partial charge in [0.2, 0.25) is 6.29 Å². The molecule has 1 radical (unpaired) electrons. The molecule has 0 aliphatic rings. The van der Waals surface area contributed by atoms with Gasteiger partial charge in [-0.25, -0.2) is 4.79 Å². The largest absolute Gasteiger partial charge is 0.462 e. The van der Waals surface area contributed by atoms with Gasteiger partial charge in [0.05, 0.1) is 12.2 Å². The van der Waals surface area contributed by atoms with Crippen molar-refractivity contribution in [3.63, 3.8) is 0 Å². The second-order valence-electron chi connectivity index (χ2n) is 3.14. The van der Waals surface area contributed by atoms with E-state index in [0.717, 1.165) is 12.8 Å². The predicted octanol–water partition coefficient (Wildman–Crippen LogP) is 2.10. The first-order valence-electron chi connectivity index (χ1n) is 4.94. The van der Waals surface area contributed by atoms with E-state index in [4.69, 9.17) is 4.74 Å². The van der Waals surface area contributed by atoms with E-state index >= 15 is 0 Å². The normalized spacial score (nSPS) is 9.67. The molecular formula is C12H13O3. The Morgan fingerprint density at radius 1 is 1.40 bits per heavy atom. The third-order valence-electron chi connectivity index (χ3n) is 1.99. The summed E-state index contributed by atoms with van der Waals surface area (Å²) in [6, 6.07) is 6.48. The molecule has 0 amide bonds. The van der Waals surface area contributed by atoms with Crippen molar-refractivity contribution < 1.29 is 14.3 Å². The van der Waals surface area contributed by atoms with Crippen LogP contribution in [0.25, 0.3) is 0 Å². The van der Waals surface area contributed by atoms with Gasteiger partial charge in [0.25, 0.3) is 0 Å². The van der Waals surface area contributed by atoms with Crippen molar-refractivity contribution in [1.82, 2.24) is 0 Å². The maximum atomic E-state index is 11.5. The van der Waals surface area contributed by atoms with Gasteiger partial charge in [-0.2, -0.15) is 0 Å². The second-order valence-corrected chi connectivity index (χ2v) is 3.14. The molecule has 0 spiro atoms. The molecule has 0 fully saturated rings. The van der Waals surface area contributed by atoms with Gasteiger partial charge in [0.1, 0.15) is 0 Å². The van der Waals surface area contributed by atoms with Crippen LogP contribution in [0.1, 0.15) is 35.7 Å². The fraction of sp³-hybridized carbons (Fsp3) is 0.333. The Kier molecular flexibility index (Phi) is 4.54. The quantitative estimate of drug-likeness (QED) is 0.546. The summed E-state index contributed by atoms with van der Waals surface area (Å²) in [5, 5.41) is 0. The highest BCUT2D eigenvalue weighted by molar-refractivity contribution is 5.98. The molecule has 3 heteroatoms. The zero-order valence-electron chi connectivity index (χ0n) is 8.66. The molecule has 1 aromatic carbocycles. The molecule has 3 nitrogen and oxygen atoms in total. The van der Waals surface area contributed by atoms with Crippen LogP contribution in [0, 0.1) is 0 Å². The third kappa shape index (κ3) is 3.20. The molecule has 0 heterocycles. The zero-order chi connectivity index (χ0) is 11.1. The van der Waals surface area contributed by atoms with Crippen molar-refractivity contribution in [3.05, 3.63) is 35.4 Å². The Labute approximate surface area is 89.1 Å². The number of benzene rings is 1. The lowest BCUT2D eigenvalue weighted by Crippen LogP contribution is -2.08. The van der Waals surface area contributed by atoms with Crippen molar-refractivity contribution >= 4 is 12.3 Å². The Morgan fingerprint density at radius 3 is 2.80 bits per heavy atom. The van der Waals surface area contributed by atoms with E-state index in [1.54, 1.807) is 30.6 Å². The number of hydrogen-bond acceptors (Lipinski definition) is 3. The van der Waals surface area contributed by atoms with Crippen molar-refractivity contribution in [2.45, 2.75) is 19.8 Å². The number of carbonyl (C=O) groups excluding carboxylic acids is 2. The highest BCUT2D eigenvalue weighted by Crippen LogP contribution is 2.08. The first-order chi connectivity index (χ1) is 7.29. The van der Waals surface area contributed by atoms with Crippen LogP contribution in [0.15, 0.2) is 24.3 Å². The highest BCUT2D eigenvalue weighted by atomic mass is 16.5. The monoisotopic (exact) mass is 205 g/mol. The summed E-state index contributed by atoms with van der Waals surface area (Å²) in [4.78, 5) is 22.0. The molecule has 15 heavy (non-hydrogen) atoms. The van der Waals surface area contributed by atoms with Crippen LogP contribution in [0.2, 0.25) is 0 Å². The van der Waals surface area contributed by atoms with E-state index < -0.39 is 5.97 Å². The predicted molar refractivity (Wildman–Crippen MR) is 56.4 cm³/mol. The van der Waals surface area contributed by atoms with E-state index in [-0.39, 0.29) is 11.1 Å². The second kappa shape index (κ2) is 5.96. The van der Waals surface area contributed by atoms with Crippen LogP contribution < -0.4 is 0 Å². The van der Waals surface area contributed by atoms with Gasteiger partial charge in [-0.1, -0.05) is 31.5 Å². The van der Waals surface area contributed by atoms with E-state index in [1.165, 1.54) is 0 Å². The van der Waals surface area contributed by atoms with Gasteiger partial charge in [0.15, 0.2) is 0 Å². The third-order valence-corrected chi connectivity index (χ3v) is 1.99. The summed E-state index contributed by atoms with van der Waals surface area (Å²) in [5.74, 6) is -0.456. The van der Waals surface area contributed by atoms with Crippen LogP contribution in [0.4, 0.5) is 0 Å². The van der Waals surface area contributed by atoms with E-state index in [9.17, 15) is 9.59 Å². The number of ether oxygens (including phenoxy) is 1. The smallest absolute Gasteiger partial charge is 0.338 e. The van der Waals surface area contributed by atoms with Gasteiger partial charge < -0.3 is 4.74 Å². The van der Waals surface area contributed by atoms with Crippen LogP contribution in [0.3, 0.4) is 0 Å². The standard InChI is InChI=1S/C12H13O3/c1-2-3-8-15-12(14)11-7-5-4-6-10(11)9-13/h4-7H,2-3,8H2,1H3. The number of carbonyl (C=O) groups is 1. The van der Waals surface area contributed by atoms with Crippen LogP contribution in [-0.2, 0) is 9.53 Å². The minimum atomic E-state index is -0.456. The molecule has 0 saturated heterocycles. The minimum absolute atomic E-state index is 0.249. The summed E-state index contributed by atoms with van der Waals surface area (Å²) in [5.41, 5.74) is 0.530. The van der Waals surface area contributed by atoms with Crippen molar-refractivity contribution in [2.24, 2.45) is 0 Å². The molecule has 1 rings (SSSR count). The highest BCUT2D eigenvalue weighted by Gasteiger charge is 2.11. The van der Waals surface area contributed by atoms with Gasteiger partial charge in [-0.15, -0.1) is 0 Å². The summed E-state index contributed by atoms with van der Waals surface area (Å²) in [6.07, 6.45) is 3.52. The van der Waals surface area contributed by atoms with E-state index in [0.29, 0.717) is 6.61 Å². The average Bonchev–Trinajstić information content (AvgIpc) is 2.29. The first kappa shape index (κ1) is 11.4. The Morgan fingerprint density at radius 2 is 2.13 bits per heavy atom. The summed E-state index contributed by atoms with van der Waals surface area (Å²) >= 11 is 0. The number of hydrogen-bond donors (Lipinski definition) is 0. The number of rotatable bonds is 5. The van der Waals surface area contributed by atoms with Gasteiger partial charge in [-0.05, 0) is 12.5 Å². The number of unbranched alkanes of at least 4 members (excludes halogenated alkanes) is 1. The van der Waals surface area contributed by atoms with Crippen LogP contribution in [0.5, 0.6) is 0 Å². The van der Waals surface area contributed by atoms with E-state index in [2.05, 4.69) is 0 Å². The molecule has 0 aliphatic carbocycles. The van der Waals surface area contributed by atoms with Crippen LogP contribution >= 0.6 is 0 Å². The number of esters is 1. The fourth-order valence-corrected chi connectivity index (χ4v) is 1.14. The van der Waals surface area contributed by atoms with Gasteiger partial charge in [-0.3, -0.25) is 4.79 Å². The van der Waals surface area contributed by atoms with Crippen molar-refractivity contribution in [1.29, 1.82) is 0 Å². The van der Waals surface area contributed by atoms with Gasteiger partial charge >= 0.3 is 5.97 Å². The Bertz CT molecular complexity index is 344. The molecule has 0 N–H and O–H groups in total. The zero-order valence-corrected chi connectivity index (χ0v) is 8.66. The lowest BCUT2D eigenvalue weighted by molar-refractivity contribution is 0.0499. The Balaban J connectivity index is 2.68. The van der Waals surface area contributed by atoms with E-state index in [1.807, 2.05) is 6.92 Å². The molecule has 0 bridgehead atoms. The maximum absolute atomic E-state index is 11.5. The van der Waals surface area contributed by atoms with Crippen molar-refractivity contribution in [3.8, 4) is 0 Å². The molecule has 1 aromatic rings. The lowest BCUT2D eigenvalue weighted by Gasteiger charge is -2.04. The topological polar surface area (TPSA) is 43.4 Å². The molecular weight excluding hydrogens is 192 g/mol. The summed E-state index contributed by atoms with van der Waals surface area (Å²) in [6.45, 7) is 2.41. The lowest BCUT2D eigenvalue weighted by atomic mass is 10.1. The first-order valence-corrected chi connectivity index (χ1v) is 4.94. The molecule has 0 saturated carbocycles. The maximum Gasteiger partial charge on any atom is 0.338 e. The molecule has 0 unspecified atom stereocenters. The molecule has 0 aromatic heterocycles. The molecule has 0 aliphatic heterocycles. The fourth-order valence-electron chi connectivity index (χ4n) is 1.14. The summed E-state index contributed by atoms with van der Waals surface area (Å²) < 4.78 is 4.99. The SMILES string of the molecule is CCCCOC(=O)c1ccccc1[C]=O. The van der Waals surface area contributed by atoms with Gasteiger partial charge in [0, 0.05) is 5.56 Å². The molecule has 79 valence electrons. The van der Waals surface area contributed by atoms with Crippen LogP contribution in [-0.4, -0.2) is 18.9 Å². The average molecular weight is 205 g/mol. The van der Waals surface area contributed by atoms with Crippen molar-refractivity contribution in [2.75, 3.05) is 6.61 Å². The minimum Gasteiger partial charge on any atom is -0.462 e.